The van der Waals surface area contributed by atoms with Crippen LogP contribution < -0.4 is 11.5 Å². The van der Waals surface area contributed by atoms with Gasteiger partial charge in [0.15, 0.2) is 5.65 Å². The summed E-state index contributed by atoms with van der Waals surface area (Å²) in [5, 5.41) is 0. The Morgan fingerprint density at radius 3 is 2.75 bits per heavy atom. The molecule has 0 saturated carbocycles. The van der Waals surface area contributed by atoms with E-state index < -0.39 is 5.91 Å². The van der Waals surface area contributed by atoms with E-state index >= 15 is 0 Å². The molecule has 2 rings (SSSR count). The van der Waals surface area contributed by atoms with Crippen LogP contribution in [0.2, 0.25) is 0 Å². The number of carbonyl (C=O) groups excluding carboxylic acids is 1. The molecule has 0 aliphatic rings. The smallest absolute Gasteiger partial charge is 0.254 e. The summed E-state index contributed by atoms with van der Waals surface area (Å²) in [5.74, 6) is -0.228. The van der Waals surface area contributed by atoms with Crippen molar-refractivity contribution in [3.8, 4) is 0 Å². The number of aryl methyl sites for hydroxylation is 1. The van der Waals surface area contributed by atoms with Crippen molar-refractivity contribution in [2.24, 2.45) is 5.73 Å². The number of hydrogen-bond donors (Lipinski definition) is 2. The molecule has 2 aromatic heterocycles. The van der Waals surface area contributed by atoms with E-state index in [1.165, 1.54) is 6.20 Å². The van der Waals surface area contributed by atoms with Crippen LogP contribution in [0.1, 0.15) is 23.7 Å². The lowest BCUT2D eigenvalue weighted by Crippen LogP contribution is -2.14. The van der Waals surface area contributed by atoms with Gasteiger partial charge in [0.25, 0.3) is 5.91 Å². The van der Waals surface area contributed by atoms with Crippen LogP contribution in [0.4, 0.5) is 5.82 Å². The molecule has 0 aliphatic carbocycles. The highest BCUT2D eigenvalue weighted by atomic mass is 16.1. The molecule has 0 atom stereocenters. The number of aromatic nitrogens is 3. The van der Waals surface area contributed by atoms with Crippen molar-refractivity contribution in [2.75, 3.05) is 5.73 Å². The molecule has 0 saturated heterocycles. The van der Waals surface area contributed by atoms with E-state index in [4.69, 9.17) is 11.5 Å². The minimum absolute atomic E-state index is 0.261. The highest BCUT2D eigenvalue weighted by molar-refractivity contribution is 6.08. The first-order valence-electron chi connectivity index (χ1n) is 5.05. The molecule has 0 bridgehead atoms. The van der Waals surface area contributed by atoms with Gasteiger partial charge in [-0.3, -0.25) is 9.78 Å². The first-order chi connectivity index (χ1) is 7.66. The minimum Gasteiger partial charge on any atom is -0.384 e. The molecule has 0 spiro atoms. The Bertz CT molecular complexity index is 545. The number of anilines is 1. The van der Waals surface area contributed by atoms with Crippen LogP contribution in [0.25, 0.3) is 11.2 Å². The van der Waals surface area contributed by atoms with Crippen LogP contribution in [-0.4, -0.2) is 20.4 Å². The van der Waals surface area contributed by atoms with Gasteiger partial charge < -0.3 is 16.0 Å². The monoisotopic (exact) mass is 219 g/mol. The highest BCUT2D eigenvalue weighted by Crippen LogP contribution is 2.24. The van der Waals surface area contributed by atoms with Gasteiger partial charge in [0.2, 0.25) is 0 Å². The Morgan fingerprint density at radius 2 is 2.12 bits per heavy atom. The van der Waals surface area contributed by atoms with Gasteiger partial charge in [0, 0.05) is 18.9 Å². The molecule has 4 N–H and O–H groups in total. The van der Waals surface area contributed by atoms with E-state index in [0.717, 1.165) is 6.42 Å². The maximum Gasteiger partial charge on any atom is 0.254 e. The van der Waals surface area contributed by atoms with E-state index in [9.17, 15) is 4.79 Å². The molecule has 6 heteroatoms. The summed E-state index contributed by atoms with van der Waals surface area (Å²) in [6.45, 7) is 2.71. The normalized spacial score (nSPS) is 10.8. The van der Waals surface area contributed by atoms with Crippen LogP contribution in [-0.2, 0) is 6.54 Å². The second-order valence-corrected chi connectivity index (χ2v) is 3.50. The highest BCUT2D eigenvalue weighted by Gasteiger charge is 2.20. The van der Waals surface area contributed by atoms with E-state index in [1.807, 2.05) is 6.92 Å². The predicted octanol–water partition coefficient (Wildman–Crippen LogP) is 0.522. The van der Waals surface area contributed by atoms with Crippen molar-refractivity contribution in [2.45, 2.75) is 19.9 Å². The second-order valence-electron chi connectivity index (χ2n) is 3.50. The molecule has 0 unspecified atom stereocenters. The fraction of sp³-hybridized carbons (Fsp3) is 0.300. The van der Waals surface area contributed by atoms with Crippen molar-refractivity contribution in [3.05, 3.63) is 18.0 Å². The summed E-state index contributed by atoms with van der Waals surface area (Å²) >= 11 is 0. The molecular formula is C10H13N5O. The van der Waals surface area contributed by atoms with E-state index in [-0.39, 0.29) is 5.56 Å². The summed E-state index contributed by atoms with van der Waals surface area (Å²) in [6.07, 6.45) is 3.98. The summed E-state index contributed by atoms with van der Waals surface area (Å²) in [6, 6.07) is 0. The molecular weight excluding hydrogens is 206 g/mol. The number of nitrogens with two attached hydrogens (primary N) is 2. The number of nitrogens with zero attached hydrogens (tertiary/aromatic N) is 3. The van der Waals surface area contributed by atoms with Gasteiger partial charge in [-0.05, 0) is 6.42 Å². The van der Waals surface area contributed by atoms with E-state index in [1.54, 1.807) is 10.8 Å². The number of carbonyl (C=O) groups is 1. The molecule has 1 amide bonds. The maximum atomic E-state index is 11.3. The van der Waals surface area contributed by atoms with E-state index in [0.29, 0.717) is 23.5 Å². The summed E-state index contributed by atoms with van der Waals surface area (Å²) in [5.41, 5.74) is 12.5. The molecule has 2 heterocycles. The van der Waals surface area contributed by atoms with Crippen molar-refractivity contribution in [1.82, 2.24) is 14.5 Å². The molecule has 84 valence electrons. The Balaban J connectivity index is 2.80. The van der Waals surface area contributed by atoms with Crippen molar-refractivity contribution >= 4 is 22.9 Å². The number of nitrogen functional groups attached to an aromatic ring is 1. The largest absolute Gasteiger partial charge is 0.384 e. The fourth-order valence-electron chi connectivity index (χ4n) is 1.77. The second kappa shape index (κ2) is 3.80. The van der Waals surface area contributed by atoms with Gasteiger partial charge in [-0.15, -0.1) is 0 Å². The van der Waals surface area contributed by atoms with Gasteiger partial charge in [-0.1, -0.05) is 6.92 Å². The first-order valence-corrected chi connectivity index (χ1v) is 5.05. The van der Waals surface area contributed by atoms with Crippen molar-refractivity contribution < 1.29 is 4.79 Å². The third-order valence-corrected chi connectivity index (χ3v) is 2.41. The van der Waals surface area contributed by atoms with Gasteiger partial charge in [0.1, 0.15) is 16.9 Å². The molecule has 16 heavy (non-hydrogen) atoms. The van der Waals surface area contributed by atoms with Crippen LogP contribution in [0.5, 0.6) is 0 Å². The van der Waals surface area contributed by atoms with Crippen LogP contribution >= 0.6 is 0 Å². The number of fused-ring (bicyclic) bond motifs is 1. The minimum atomic E-state index is -0.571. The molecule has 2 aromatic rings. The number of primary amides is 1. The zero-order valence-corrected chi connectivity index (χ0v) is 8.97. The summed E-state index contributed by atoms with van der Waals surface area (Å²) < 4.78 is 1.77. The van der Waals surface area contributed by atoms with E-state index in [2.05, 4.69) is 9.97 Å². The average Bonchev–Trinajstić information content (AvgIpc) is 2.53. The van der Waals surface area contributed by atoms with Gasteiger partial charge >= 0.3 is 0 Å². The third kappa shape index (κ3) is 1.39. The van der Waals surface area contributed by atoms with Gasteiger partial charge in [-0.25, -0.2) is 4.98 Å². The maximum absolute atomic E-state index is 11.3. The quantitative estimate of drug-likeness (QED) is 0.786. The van der Waals surface area contributed by atoms with Crippen molar-refractivity contribution in [3.63, 3.8) is 0 Å². The van der Waals surface area contributed by atoms with Crippen molar-refractivity contribution in [1.29, 1.82) is 0 Å². The number of amides is 1. The number of rotatable bonds is 3. The van der Waals surface area contributed by atoms with Crippen LogP contribution in [0.3, 0.4) is 0 Å². The molecule has 0 aliphatic heterocycles. The molecule has 6 nitrogen and oxygen atoms in total. The molecule has 0 radical (unpaired) electrons. The standard InChI is InChI=1S/C10H13N5O/c1-2-5-15-8(11)6(9(12)16)7-10(15)14-4-3-13-7/h3-4H,2,5,11H2,1H3,(H2,12,16). The fourth-order valence-corrected chi connectivity index (χ4v) is 1.77. The lowest BCUT2D eigenvalue weighted by atomic mass is 10.2. The lowest BCUT2D eigenvalue weighted by Gasteiger charge is -2.04. The van der Waals surface area contributed by atoms with Gasteiger partial charge in [0.05, 0.1) is 0 Å². The molecule has 0 aromatic carbocycles. The summed E-state index contributed by atoms with van der Waals surface area (Å²) in [7, 11) is 0. The SMILES string of the molecule is CCCn1c(N)c(C(N)=O)c2nccnc21. The predicted molar refractivity (Wildman–Crippen MR) is 60.7 cm³/mol. The Morgan fingerprint density at radius 1 is 1.44 bits per heavy atom. The zero-order valence-electron chi connectivity index (χ0n) is 8.97. The Kier molecular flexibility index (Phi) is 2.47. The first kappa shape index (κ1) is 10.4. The van der Waals surface area contributed by atoms with Gasteiger partial charge in [-0.2, -0.15) is 0 Å². The summed E-state index contributed by atoms with van der Waals surface area (Å²) in [4.78, 5) is 19.6. The third-order valence-electron chi connectivity index (χ3n) is 2.41. The topological polar surface area (TPSA) is 99.8 Å². The van der Waals surface area contributed by atoms with Crippen LogP contribution in [0.15, 0.2) is 12.4 Å². The Hall–Kier alpha value is -2.11. The molecule has 0 fully saturated rings. The number of hydrogen-bond acceptors (Lipinski definition) is 4. The average molecular weight is 219 g/mol. The Labute approximate surface area is 92.3 Å². The lowest BCUT2D eigenvalue weighted by molar-refractivity contribution is 0.100. The van der Waals surface area contributed by atoms with Crippen LogP contribution in [0, 0.1) is 0 Å². The zero-order chi connectivity index (χ0) is 11.7.